The number of esters is 2. The molecule has 0 bridgehead atoms. The molecule has 150 valence electrons. The lowest BCUT2D eigenvalue weighted by atomic mass is 10.1. The average Bonchev–Trinajstić information content (AvgIpc) is 3.37. The van der Waals surface area contributed by atoms with Gasteiger partial charge in [-0.15, -0.1) is 22.7 Å². The van der Waals surface area contributed by atoms with E-state index in [4.69, 9.17) is 9.47 Å². The van der Waals surface area contributed by atoms with E-state index >= 15 is 0 Å². The van der Waals surface area contributed by atoms with Crippen LogP contribution in [0.3, 0.4) is 0 Å². The van der Waals surface area contributed by atoms with Crippen molar-refractivity contribution in [1.82, 2.24) is 9.97 Å². The Balaban J connectivity index is 1.65. The fourth-order valence-corrected chi connectivity index (χ4v) is 4.20. The zero-order chi connectivity index (χ0) is 20.6. The van der Waals surface area contributed by atoms with Crippen molar-refractivity contribution in [1.29, 1.82) is 0 Å². The Morgan fingerprint density at radius 3 is 2.62 bits per heavy atom. The zero-order valence-corrected chi connectivity index (χ0v) is 17.0. The largest absolute Gasteiger partial charge is 0.462 e. The monoisotopic (exact) mass is 431 g/mol. The number of thiophene rings is 2. The van der Waals surface area contributed by atoms with Crippen LogP contribution in [-0.4, -0.2) is 41.0 Å². The maximum absolute atomic E-state index is 12.4. The quantitative estimate of drug-likeness (QED) is 0.546. The van der Waals surface area contributed by atoms with E-state index in [9.17, 15) is 14.4 Å². The molecule has 3 aromatic heterocycles. The second-order valence-electron chi connectivity index (χ2n) is 5.68. The Morgan fingerprint density at radius 2 is 1.93 bits per heavy atom. The standard InChI is InChI=1S/C19H17N3O5S2/c1-2-26-19(25)17-13(14-4-3-5-28-14)10-29-18(17)22-15(23)9-27-16(24)6-12-7-20-11-21-8-12/h3-5,7-8,10-11H,2,6,9H2,1H3,(H,22,23). The Hall–Kier alpha value is -3.11. The summed E-state index contributed by atoms with van der Waals surface area (Å²) in [4.78, 5) is 45.1. The van der Waals surface area contributed by atoms with Crippen LogP contribution >= 0.6 is 22.7 Å². The van der Waals surface area contributed by atoms with Gasteiger partial charge >= 0.3 is 11.9 Å². The number of carbonyl (C=O) groups is 3. The van der Waals surface area contributed by atoms with Crippen LogP contribution in [0.2, 0.25) is 0 Å². The number of nitrogens with one attached hydrogen (secondary N) is 1. The first-order chi connectivity index (χ1) is 14.1. The van der Waals surface area contributed by atoms with Gasteiger partial charge in [-0.3, -0.25) is 9.59 Å². The maximum Gasteiger partial charge on any atom is 0.341 e. The van der Waals surface area contributed by atoms with Gasteiger partial charge < -0.3 is 14.8 Å². The topological polar surface area (TPSA) is 107 Å². The third-order valence-electron chi connectivity index (χ3n) is 3.64. The highest BCUT2D eigenvalue weighted by Gasteiger charge is 2.23. The summed E-state index contributed by atoms with van der Waals surface area (Å²) in [6.45, 7) is 1.46. The number of amides is 1. The molecule has 0 unspecified atom stereocenters. The summed E-state index contributed by atoms with van der Waals surface area (Å²) in [7, 11) is 0. The van der Waals surface area contributed by atoms with Crippen molar-refractivity contribution in [2.75, 3.05) is 18.5 Å². The van der Waals surface area contributed by atoms with Crippen LogP contribution in [0.25, 0.3) is 10.4 Å². The minimum atomic E-state index is -0.578. The van der Waals surface area contributed by atoms with Gasteiger partial charge in [-0.25, -0.2) is 14.8 Å². The molecule has 3 aromatic rings. The molecule has 29 heavy (non-hydrogen) atoms. The van der Waals surface area contributed by atoms with Gasteiger partial charge in [0.05, 0.1) is 13.0 Å². The van der Waals surface area contributed by atoms with Crippen molar-refractivity contribution in [3.8, 4) is 10.4 Å². The van der Waals surface area contributed by atoms with Crippen LogP contribution < -0.4 is 5.32 Å². The molecule has 0 atom stereocenters. The van der Waals surface area contributed by atoms with Gasteiger partial charge in [0, 0.05) is 28.2 Å². The van der Waals surface area contributed by atoms with E-state index in [1.807, 2.05) is 17.5 Å². The number of ether oxygens (including phenoxy) is 2. The summed E-state index contributed by atoms with van der Waals surface area (Å²) in [5, 5.41) is 6.67. The van der Waals surface area contributed by atoms with E-state index in [0.29, 0.717) is 21.7 Å². The van der Waals surface area contributed by atoms with E-state index in [-0.39, 0.29) is 13.0 Å². The van der Waals surface area contributed by atoms with Crippen LogP contribution in [-0.2, 0) is 25.5 Å². The van der Waals surface area contributed by atoms with Gasteiger partial charge in [0.25, 0.3) is 5.91 Å². The van der Waals surface area contributed by atoms with Crippen molar-refractivity contribution >= 4 is 45.5 Å². The third kappa shape index (κ3) is 5.46. The van der Waals surface area contributed by atoms with Crippen LogP contribution in [0.5, 0.6) is 0 Å². The van der Waals surface area contributed by atoms with Crippen LogP contribution in [0.1, 0.15) is 22.8 Å². The molecule has 0 saturated heterocycles. The van der Waals surface area contributed by atoms with E-state index in [1.165, 1.54) is 41.4 Å². The van der Waals surface area contributed by atoms with Crippen molar-refractivity contribution in [2.45, 2.75) is 13.3 Å². The molecule has 0 aliphatic carbocycles. The van der Waals surface area contributed by atoms with E-state index in [1.54, 1.807) is 12.3 Å². The van der Waals surface area contributed by atoms with Crippen LogP contribution in [0.15, 0.2) is 41.6 Å². The fraction of sp³-hybridized carbons (Fsp3) is 0.211. The molecule has 3 heterocycles. The number of nitrogens with zero attached hydrogens (tertiary/aromatic N) is 2. The lowest BCUT2D eigenvalue weighted by Crippen LogP contribution is -2.22. The first-order valence-electron chi connectivity index (χ1n) is 8.60. The SMILES string of the molecule is CCOC(=O)c1c(-c2cccs2)csc1NC(=O)COC(=O)Cc1cncnc1. The first-order valence-corrected chi connectivity index (χ1v) is 10.4. The molecule has 3 rings (SSSR count). The lowest BCUT2D eigenvalue weighted by molar-refractivity contribution is -0.146. The normalized spacial score (nSPS) is 10.4. The molecule has 1 N–H and O–H groups in total. The highest BCUT2D eigenvalue weighted by atomic mass is 32.1. The van der Waals surface area contributed by atoms with Gasteiger partial charge in [0.2, 0.25) is 0 Å². The van der Waals surface area contributed by atoms with Crippen molar-refractivity contribution in [3.63, 3.8) is 0 Å². The summed E-state index contributed by atoms with van der Waals surface area (Å²) in [6, 6.07) is 3.76. The molecular formula is C19H17N3O5S2. The summed E-state index contributed by atoms with van der Waals surface area (Å²) >= 11 is 2.69. The summed E-state index contributed by atoms with van der Waals surface area (Å²) in [6.07, 6.45) is 4.31. The number of rotatable bonds is 8. The van der Waals surface area contributed by atoms with Gasteiger partial charge in [-0.1, -0.05) is 6.07 Å². The molecule has 0 aromatic carbocycles. The Kier molecular flexibility index (Phi) is 7.04. The molecule has 0 radical (unpaired) electrons. The molecule has 0 spiro atoms. The minimum absolute atomic E-state index is 0.0380. The lowest BCUT2D eigenvalue weighted by Gasteiger charge is -2.08. The third-order valence-corrected chi connectivity index (χ3v) is 5.44. The fourth-order valence-electron chi connectivity index (χ4n) is 2.42. The molecule has 0 saturated carbocycles. The highest BCUT2D eigenvalue weighted by molar-refractivity contribution is 7.17. The number of aromatic nitrogens is 2. The number of hydrogen-bond donors (Lipinski definition) is 1. The minimum Gasteiger partial charge on any atom is -0.462 e. The van der Waals surface area contributed by atoms with E-state index in [2.05, 4.69) is 15.3 Å². The Morgan fingerprint density at radius 1 is 1.14 bits per heavy atom. The van der Waals surface area contributed by atoms with Gasteiger partial charge in [0.1, 0.15) is 16.9 Å². The number of hydrogen-bond acceptors (Lipinski definition) is 9. The maximum atomic E-state index is 12.4. The Bertz CT molecular complexity index is 987. The van der Waals surface area contributed by atoms with Crippen LogP contribution in [0.4, 0.5) is 5.00 Å². The molecule has 0 aliphatic heterocycles. The van der Waals surface area contributed by atoms with Crippen LogP contribution in [0, 0.1) is 0 Å². The average molecular weight is 431 g/mol. The van der Waals surface area contributed by atoms with Crippen molar-refractivity contribution in [2.24, 2.45) is 0 Å². The van der Waals surface area contributed by atoms with Gasteiger partial charge in [0.15, 0.2) is 6.61 Å². The zero-order valence-electron chi connectivity index (χ0n) is 15.4. The molecule has 10 heteroatoms. The number of anilines is 1. The van der Waals surface area contributed by atoms with Gasteiger partial charge in [-0.2, -0.15) is 0 Å². The Labute approximate surface area is 174 Å². The smallest absolute Gasteiger partial charge is 0.341 e. The second kappa shape index (κ2) is 9.89. The summed E-state index contributed by atoms with van der Waals surface area (Å²) in [5.74, 6) is -1.65. The molecule has 0 aliphatic rings. The predicted molar refractivity (Wildman–Crippen MR) is 109 cm³/mol. The first kappa shape index (κ1) is 20.6. The van der Waals surface area contributed by atoms with E-state index in [0.717, 1.165) is 4.88 Å². The molecule has 1 amide bonds. The molecule has 0 fully saturated rings. The highest BCUT2D eigenvalue weighted by Crippen LogP contribution is 2.38. The van der Waals surface area contributed by atoms with Crippen molar-refractivity contribution in [3.05, 3.63) is 52.7 Å². The summed E-state index contributed by atoms with van der Waals surface area (Å²) < 4.78 is 10.1. The predicted octanol–water partition coefficient (Wildman–Crippen LogP) is 3.17. The number of carbonyl (C=O) groups excluding carboxylic acids is 3. The second-order valence-corrected chi connectivity index (χ2v) is 7.51. The molecule has 8 nitrogen and oxygen atoms in total. The van der Waals surface area contributed by atoms with Gasteiger partial charge in [-0.05, 0) is 23.9 Å². The van der Waals surface area contributed by atoms with Crippen molar-refractivity contribution < 1.29 is 23.9 Å². The molecular weight excluding hydrogens is 414 g/mol. The van der Waals surface area contributed by atoms with E-state index < -0.39 is 24.5 Å². The summed E-state index contributed by atoms with van der Waals surface area (Å²) in [5.41, 5.74) is 1.57.